The fraction of sp³-hybridized carbons (Fsp3) is 0.500. The number of amides is 1. The summed E-state index contributed by atoms with van der Waals surface area (Å²) in [5.41, 5.74) is 0.159. The molecule has 2 aliphatic rings. The molecular weight excluding hydrogens is 246 g/mol. The maximum Gasteiger partial charge on any atom is 0.255 e. The number of carbonyl (C=O) groups is 1. The van der Waals surface area contributed by atoms with E-state index in [1.165, 1.54) is 0 Å². The first-order valence-electron chi connectivity index (χ1n) is 6.29. The van der Waals surface area contributed by atoms with Gasteiger partial charge in [-0.3, -0.25) is 4.79 Å². The number of carbonyl (C=O) groups excluding carboxylic acids is 1. The van der Waals surface area contributed by atoms with Crippen molar-refractivity contribution in [3.63, 3.8) is 0 Å². The molecule has 3 rings (SSSR count). The van der Waals surface area contributed by atoms with Gasteiger partial charge in [-0.1, -0.05) is 12.1 Å². The smallest absolute Gasteiger partial charge is 0.255 e. The zero-order chi connectivity index (χ0) is 12.8. The highest BCUT2D eigenvalue weighted by Gasteiger charge is 2.53. The second-order valence-corrected chi connectivity index (χ2v) is 6.09. The average Bonchev–Trinajstić information content (AvgIpc) is 3.18. The lowest BCUT2D eigenvalue weighted by Crippen LogP contribution is -2.64. The van der Waals surface area contributed by atoms with Crippen molar-refractivity contribution >= 4 is 17.7 Å². The topological polar surface area (TPSA) is 40.5 Å². The molecule has 1 aliphatic heterocycles. The predicted molar refractivity (Wildman–Crippen MR) is 71.8 cm³/mol. The summed E-state index contributed by atoms with van der Waals surface area (Å²) in [7, 11) is 0. The highest BCUT2D eigenvalue weighted by molar-refractivity contribution is 7.98. The number of hydrogen-bond donors (Lipinski definition) is 1. The molecule has 96 valence electrons. The van der Waals surface area contributed by atoms with Crippen LogP contribution in [0, 0.1) is 5.92 Å². The molecule has 1 saturated heterocycles. The second kappa shape index (κ2) is 4.28. The highest BCUT2D eigenvalue weighted by Crippen LogP contribution is 2.44. The molecule has 18 heavy (non-hydrogen) atoms. The van der Waals surface area contributed by atoms with Crippen molar-refractivity contribution in [2.75, 3.05) is 19.3 Å². The third-order valence-corrected chi connectivity index (χ3v) is 4.69. The zero-order valence-electron chi connectivity index (χ0n) is 10.4. The van der Waals surface area contributed by atoms with E-state index in [4.69, 9.17) is 0 Å². The third kappa shape index (κ3) is 1.93. The van der Waals surface area contributed by atoms with E-state index in [1.807, 2.05) is 30.5 Å². The maximum atomic E-state index is 12.3. The van der Waals surface area contributed by atoms with E-state index >= 15 is 0 Å². The lowest BCUT2D eigenvalue weighted by molar-refractivity contribution is -0.0959. The number of aliphatic hydroxyl groups is 1. The molecule has 0 bridgehead atoms. The molecule has 1 aromatic carbocycles. The Morgan fingerprint density at radius 3 is 2.67 bits per heavy atom. The Balaban J connectivity index is 1.72. The van der Waals surface area contributed by atoms with Gasteiger partial charge in [0.1, 0.15) is 5.60 Å². The number of nitrogens with zero attached hydrogens (tertiary/aromatic N) is 1. The minimum atomic E-state index is -0.593. The van der Waals surface area contributed by atoms with Gasteiger partial charge in [-0.15, -0.1) is 11.8 Å². The van der Waals surface area contributed by atoms with Crippen LogP contribution in [0.2, 0.25) is 0 Å². The molecular formula is C14H17NO2S. The van der Waals surface area contributed by atoms with Gasteiger partial charge < -0.3 is 10.0 Å². The SMILES string of the molecule is CSc1ccccc1C(=O)N1CC(O)(C2CC2)C1. The summed E-state index contributed by atoms with van der Waals surface area (Å²) < 4.78 is 0. The molecule has 1 heterocycles. The van der Waals surface area contributed by atoms with Crippen molar-refractivity contribution in [2.24, 2.45) is 5.92 Å². The van der Waals surface area contributed by atoms with Crippen LogP contribution in [-0.4, -0.2) is 40.9 Å². The minimum Gasteiger partial charge on any atom is -0.386 e. The van der Waals surface area contributed by atoms with Crippen LogP contribution in [0.5, 0.6) is 0 Å². The number of β-amino-alcohol motifs (C(OH)–C–C–N with tert-alkyl or cyclic N) is 1. The average molecular weight is 263 g/mol. The van der Waals surface area contributed by atoms with Crippen LogP contribution in [0.3, 0.4) is 0 Å². The standard InChI is InChI=1S/C14H17NO2S/c1-18-12-5-3-2-4-11(12)13(16)15-8-14(17,9-15)10-6-7-10/h2-5,10,17H,6-9H2,1H3. The first-order valence-corrected chi connectivity index (χ1v) is 7.51. The lowest BCUT2D eigenvalue weighted by atomic mass is 9.88. The largest absolute Gasteiger partial charge is 0.386 e. The van der Waals surface area contributed by atoms with E-state index in [0.29, 0.717) is 19.0 Å². The van der Waals surface area contributed by atoms with Crippen LogP contribution in [0.15, 0.2) is 29.2 Å². The monoisotopic (exact) mass is 263 g/mol. The van der Waals surface area contributed by atoms with Gasteiger partial charge in [-0.25, -0.2) is 0 Å². The van der Waals surface area contributed by atoms with Crippen LogP contribution in [0.4, 0.5) is 0 Å². The molecule has 2 fully saturated rings. The second-order valence-electron chi connectivity index (χ2n) is 5.24. The Bertz CT molecular complexity index is 478. The van der Waals surface area contributed by atoms with E-state index in [9.17, 15) is 9.90 Å². The Kier molecular flexibility index (Phi) is 2.87. The molecule has 4 heteroatoms. The van der Waals surface area contributed by atoms with Gasteiger partial charge in [-0.05, 0) is 37.1 Å². The molecule has 0 atom stereocenters. The summed E-state index contributed by atoms with van der Waals surface area (Å²) in [5.74, 6) is 0.475. The molecule has 0 unspecified atom stereocenters. The van der Waals surface area contributed by atoms with E-state index in [0.717, 1.165) is 23.3 Å². The summed E-state index contributed by atoms with van der Waals surface area (Å²) in [6.07, 6.45) is 4.20. The normalized spacial score (nSPS) is 21.6. The number of likely N-dealkylation sites (tertiary alicyclic amines) is 1. The highest BCUT2D eigenvalue weighted by atomic mass is 32.2. The van der Waals surface area contributed by atoms with Gasteiger partial charge in [0.2, 0.25) is 0 Å². The van der Waals surface area contributed by atoms with Crippen molar-refractivity contribution in [3.8, 4) is 0 Å². The molecule has 1 N–H and O–H groups in total. The molecule has 3 nitrogen and oxygen atoms in total. The lowest BCUT2D eigenvalue weighted by Gasteiger charge is -2.47. The predicted octanol–water partition coefficient (Wildman–Crippen LogP) is 2.01. The molecule has 1 saturated carbocycles. The van der Waals surface area contributed by atoms with Crippen molar-refractivity contribution in [2.45, 2.75) is 23.3 Å². The fourth-order valence-electron chi connectivity index (χ4n) is 2.63. The number of rotatable bonds is 3. The molecule has 0 spiro atoms. The van der Waals surface area contributed by atoms with Crippen LogP contribution >= 0.6 is 11.8 Å². The van der Waals surface area contributed by atoms with Crippen LogP contribution in [-0.2, 0) is 0 Å². The van der Waals surface area contributed by atoms with Crippen LogP contribution in [0.1, 0.15) is 23.2 Å². The van der Waals surface area contributed by atoms with Crippen molar-refractivity contribution in [1.29, 1.82) is 0 Å². The van der Waals surface area contributed by atoms with E-state index in [2.05, 4.69) is 0 Å². The first-order chi connectivity index (χ1) is 8.64. The Labute approximate surface area is 111 Å². The van der Waals surface area contributed by atoms with Crippen molar-refractivity contribution in [1.82, 2.24) is 4.90 Å². The fourth-order valence-corrected chi connectivity index (χ4v) is 3.22. The summed E-state index contributed by atoms with van der Waals surface area (Å²) in [6.45, 7) is 0.998. The van der Waals surface area contributed by atoms with E-state index in [-0.39, 0.29) is 5.91 Å². The molecule has 0 radical (unpaired) electrons. The van der Waals surface area contributed by atoms with Gasteiger partial charge in [0, 0.05) is 4.90 Å². The number of thioether (sulfide) groups is 1. The van der Waals surface area contributed by atoms with Crippen LogP contribution in [0.25, 0.3) is 0 Å². The minimum absolute atomic E-state index is 0.0466. The zero-order valence-corrected chi connectivity index (χ0v) is 11.2. The first kappa shape index (κ1) is 12.1. The van der Waals surface area contributed by atoms with Crippen molar-refractivity contribution < 1.29 is 9.90 Å². The van der Waals surface area contributed by atoms with Gasteiger partial charge in [0.25, 0.3) is 5.91 Å². The number of benzene rings is 1. The molecule has 1 aromatic rings. The molecule has 1 aliphatic carbocycles. The van der Waals surface area contributed by atoms with E-state index < -0.39 is 5.60 Å². The summed E-state index contributed by atoms with van der Waals surface area (Å²) in [6, 6.07) is 7.66. The Morgan fingerprint density at radius 2 is 2.06 bits per heavy atom. The van der Waals surface area contributed by atoms with Gasteiger partial charge in [0.05, 0.1) is 18.7 Å². The van der Waals surface area contributed by atoms with E-state index in [1.54, 1.807) is 16.7 Å². The molecule has 0 aromatic heterocycles. The maximum absolute atomic E-state index is 12.3. The van der Waals surface area contributed by atoms with Crippen LogP contribution < -0.4 is 0 Å². The summed E-state index contributed by atoms with van der Waals surface area (Å²) in [5, 5.41) is 10.2. The Hall–Kier alpha value is -1.00. The van der Waals surface area contributed by atoms with Gasteiger partial charge in [0.15, 0.2) is 0 Å². The van der Waals surface area contributed by atoms with Gasteiger partial charge in [-0.2, -0.15) is 0 Å². The van der Waals surface area contributed by atoms with Crippen molar-refractivity contribution in [3.05, 3.63) is 29.8 Å². The number of hydrogen-bond acceptors (Lipinski definition) is 3. The third-order valence-electron chi connectivity index (χ3n) is 3.89. The summed E-state index contributed by atoms with van der Waals surface area (Å²) in [4.78, 5) is 15.1. The summed E-state index contributed by atoms with van der Waals surface area (Å²) >= 11 is 1.58. The molecule has 1 amide bonds. The Morgan fingerprint density at radius 1 is 1.39 bits per heavy atom. The quantitative estimate of drug-likeness (QED) is 0.848. The van der Waals surface area contributed by atoms with Gasteiger partial charge >= 0.3 is 0 Å².